The van der Waals surface area contributed by atoms with Crippen LogP contribution in [0.2, 0.25) is 0 Å². The summed E-state index contributed by atoms with van der Waals surface area (Å²) in [5.41, 5.74) is 4.11. The third-order valence-electron chi connectivity index (χ3n) is 4.56. The van der Waals surface area contributed by atoms with Crippen molar-refractivity contribution in [3.63, 3.8) is 0 Å². The van der Waals surface area contributed by atoms with Gasteiger partial charge in [-0.25, -0.2) is 9.97 Å². The molecule has 0 saturated carbocycles. The molecule has 0 saturated heterocycles. The van der Waals surface area contributed by atoms with Crippen molar-refractivity contribution in [2.24, 2.45) is 0 Å². The molecule has 3 heteroatoms. The van der Waals surface area contributed by atoms with Crippen LogP contribution in [0.25, 0.3) is 42.8 Å². The van der Waals surface area contributed by atoms with Crippen LogP contribution < -0.4 is 0 Å². The van der Waals surface area contributed by atoms with E-state index in [1.165, 1.54) is 20.2 Å². The van der Waals surface area contributed by atoms with E-state index in [9.17, 15) is 0 Å². The van der Waals surface area contributed by atoms with E-state index in [1.54, 1.807) is 0 Å². The Balaban J connectivity index is 1.70. The minimum Gasteiger partial charge on any atom is -0.233 e. The van der Waals surface area contributed by atoms with Gasteiger partial charge in [-0.15, -0.1) is 11.3 Å². The quantitative estimate of drug-likeness (QED) is 0.363. The van der Waals surface area contributed by atoms with E-state index in [0.717, 1.165) is 28.3 Å². The molecule has 3 aromatic carbocycles. The normalized spacial score (nSPS) is 11.3. The smallest absolute Gasteiger partial charge is 0.160 e. The summed E-state index contributed by atoms with van der Waals surface area (Å²) in [7, 11) is 0. The van der Waals surface area contributed by atoms with Crippen molar-refractivity contribution in [3.8, 4) is 22.6 Å². The number of aromatic nitrogens is 2. The van der Waals surface area contributed by atoms with E-state index in [-0.39, 0.29) is 0 Å². The van der Waals surface area contributed by atoms with Crippen LogP contribution in [0.3, 0.4) is 0 Å². The molecule has 0 aliphatic carbocycles. The zero-order valence-corrected chi connectivity index (χ0v) is 15.1. The average molecular weight is 352 g/mol. The zero-order valence-electron chi connectivity index (χ0n) is 14.3. The molecule has 0 aliphatic rings. The van der Waals surface area contributed by atoms with Crippen LogP contribution in [0.4, 0.5) is 0 Å². The number of rotatable bonds is 2. The fourth-order valence-electron chi connectivity index (χ4n) is 3.32. The molecule has 2 aromatic heterocycles. The van der Waals surface area contributed by atoms with E-state index < -0.39 is 0 Å². The van der Waals surface area contributed by atoms with E-state index in [2.05, 4.69) is 53.5 Å². The second-order valence-corrected chi connectivity index (χ2v) is 7.48. The molecule has 5 aromatic rings. The Labute approximate surface area is 155 Å². The van der Waals surface area contributed by atoms with Gasteiger partial charge >= 0.3 is 0 Å². The molecule has 5 rings (SSSR count). The van der Waals surface area contributed by atoms with Gasteiger partial charge in [-0.2, -0.15) is 0 Å². The van der Waals surface area contributed by atoms with Crippen molar-refractivity contribution in [2.75, 3.05) is 0 Å². The molecule has 0 aliphatic heterocycles. The summed E-state index contributed by atoms with van der Waals surface area (Å²) in [6, 6.07) is 27.4. The molecule has 2 nitrogen and oxygen atoms in total. The Kier molecular flexibility index (Phi) is 3.54. The number of thiophene rings is 1. The van der Waals surface area contributed by atoms with E-state index in [1.807, 2.05) is 48.6 Å². The van der Waals surface area contributed by atoms with Crippen molar-refractivity contribution in [1.29, 1.82) is 0 Å². The first-order valence-electron chi connectivity index (χ1n) is 8.61. The molecular formula is C23H16N2S. The maximum Gasteiger partial charge on any atom is 0.160 e. The van der Waals surface area contributed by atoms with Crippen LogP contribution in [0.5, 0.6) is 0 Å². The molecule has 26 heavy (non-hydrogen) atoms. The van der Waals surface area contributed by atoms with Crippen molar-refractivity contribution >= 4 is 31.5 Å². The van der Waals surface area contributed by atoms with Crippen molar-refractivity contribution in [3.05, 3.63) is 84.6 Å². The highest BCUT2D eigenvalue weighted by Crippen LogP contribution is 2.36. The third kappa shape index (κ3) is 2.57. The summed E-state index contributed by atoms with van der Waals surface area (Å²) >= 11 is 1.84. The molecule has 124 valence electrons. The lowest BCUT2D eigenvalue weighted by atomic mass is 10.1. The predicted octanol–water partition coefficient (Wildman–Crippen LogP) is 6.49. The number of hydrogen-bond acceptors (Lipinski definition) is 3. The molecule has 0 radical (unpaired) electrons. The van der Waals surface area contributed by atoms with Gasteiger partial charge in [0, 0.05) is 37.0 Å². The van der Waals surface area contributed by atoms with Crippen LogP contribution in [0, 0.1) is 6.92 Å². The van der Waals surface area contributed by atoms with E-state index in [0.29, 0.717) is 0 Å². The fourth-order valence-corrected chi connectivity index (χ4v) is 4.40. The molecule has 0 atom stereocenters. The van der Waals surface area contributed by atoms with Gasteiger partial charge in [0.05, 0.1) is 5.69 Å². The van der Waals surface area contributed by atoms with Crippen molar-refractivity contribution in [1.82, 2.24) is 9.97 Å². The molecule has 0 bridgehead atoms. The summed E-state index contributed by atoms with van der Waals surface area (Å²) in [4.78, 5) is 9.46. The largest absolute Gasteiger partial charge is 0.233 e. The number of fused-ring (bicyclic) bond motifs is 3. The number of benzene rings is 3. The Hall–Kier alpha value is -3.04. The van der Waals surface area contributed by atoms with Crippen LogP contribution in [0.1, 0.15) is 5.69 Å². The molecule has 0 spiro atoms. The number of aryl methyl sites for hydroxylation is 1. The standard InChI is InChI=1S/C23H16N2S/c1-15-13-20(25-23(24-15)16-7-3-2-4-8-16)17-11-12-22-19(14-17)18-9-5-6-10-21(18)26-22/h2-14H,1H3. The topological polar surface area (TPSA) is 25.8 Å². The summed E-state index contributed by atoms with van der Waals surface area (Å²) in [5, 5.41) is 2.60. The van der Waals surface area contributed by atoms with Gasteiger partial charge in [0.2, 0.25) is 0 Å². The number of hydrogen-bond donors (Lipinski definition) is 0. The minimum absolute atomic E-state index is 0.774. The molecular weight excluding hydrogens is 336 g/mol. The average Bonchev–Trinajstić information content (AvgIpc) is 3.06. The first-order chi connectivity index (χ1) is 12.8. The Morgan fingerprint density at radius 2 is 1.42 bits per heavy atom. The summed E-state index contributed by atoms with van der Waals surface area (Å²) in [6.07, 6.45) is 0. The zero-order chi connectivity index (χ0) is 17.5. The predicted molar refractivity (Wildman–Crippen MR) is 111 cm³/mol. The molecule has 2 heterocycles. The molecule has 0 fully saturated rings. The highest BCUT2D eigenvalue weighted by Gasteiger charge is 2.10. The van der Waals surface area contributed by atoms with Crippen molar-refractivity contribution < 1.29 is 0 Å². The van der Waals surface area contributed by atoms with Gasteiger partial charge in [0.25, 0.3) is 0 Å². The van der Waals surface area contributed by atoms with Gasteiger partial charge in [-0.1, -0.05) is 54.6 Å². The van der Waals surface area contributed by atoms with Gasteiger partial charge in [0.1, 0.15) is 0 Å². The monoisotopic (exact) mass is 352 g/mol. The first-order valence-corrected chi connectivity index (χ1v) is 9.42. The van der Waals surface area contributed by atoms with Crippen LogP contribution in [-0.2, 0) is 0 Å². The minimum atomic E-state index is 0.774. The summed E-state index contributed by atoms with van der Waals surface area (Å²) < 4.78 is 2.63. The van der Waals surface area contributed by atoms with Crippen molar-refractivity contribution in [2.45, 2.75) is 6.92 Å². The SMILES string of the molecule is Cc1cc(-c2ccc3sc4ccccc4c3c2)nc(-c2ccccc2)n1. The lowest BCUT2D eigenvalue weighted by molar-refractivity contribution is 1.12. The Morgan fingerprint density at radius 3 is 2.31 bits per heavy atom. The lowest BCUT2D eigenvalue weighted by Crippen LogP contribution is -1.94. The van der Waals surface area contributed by atoms with E-state index >= 15 is 0 Å². The van der Waals surface area contributed by atoms with E-state index in [4.69, 9.17) is 4.98 Å². The first kappa shape index (κ1) is 15.2. The summed E-state index contributed by atoms with van der Waals surface area (Å²) in [6.45, 7) is 2.02. The molecule has 0 N–H and O–H groups in total. The second-order valence-electron chi connectivity index (χ2n) is 6.39. The van der Waals surface area contributed by atoms with Crippen LogP contribution in [-0.4, -0.2) is 9.97 Å². The van der Waals surface area contributed by atoms with Gasteiger partial charge in [-0.3, -0.25) is 0 Å². The van der Waals surface area contributed by atoms with Crippen LogP contribution >= 0.6 is 11.3 Å². The number of nitrogens with zero attached hydrogens (tertiary/aromatic N) is 2. The van der Waals surface area contributed by atoms with Gasteiger partial charge in [0.15, 0.2) is 5.82 Å². The second kappa shape index (κ2) is 6.04. The Bertz CT molecular complexity index is 1240. The molecule has 0 unspecified atom stereocenters. The molecule has 0 amide bonds. The fraction of sp³-hybridized carbons (Fsp3) is 0.0435. The Morgan fingerprint density at radius 1 is 0.654 bits per heavy atom. The highest BCUT2D eigenvalue weighted by atomic mass is 32.1. The summed E-state index contributed by atoms with van der Waals surface area (Å²) in [5.74, 6) is 0.774. The van der Waals surface area contributed by atoms with Gasteiger partial charge < -0.3 is 0 Å². The lowest BCUT2D eigenvalue weighted by Gasteiger charge is -2.07. The third-order valence-corrected chi connectivity index (χ3v) is 5.71. The van der Waals surface area contributed by atoms with Crippen LogP contribution in [0.15, 0.2) is 78.9 Å². The maximum atomic E-state index is 4.84. The maximum absolute atomic E-state index is 4.84. The van der Waals surface area contributed by atoms with Gasteiger partial charge in [-0.05, 0) is 31.2 Å². The highest BCUT2D eigenvalue weighted by molar-refractivity contribution is 7.25.